The van der Waals surface area contributed by atoms with E-state index in [1.54, 1.807) is 27.7 Å². The summed E-state index contributed by atoms with van der Waals surface area (Å²) in [4.78, 5) is 23.2. The van der Waals surface area contributed by atoms with Gasteiger partial charge in [-0.2, -0.15) is 8.78 Å². The third-order valence-corrected chi connectivity index (χ3v) is 3.15. The number of carboxylic acids is 1. The molecule has 0 spiro atoms. The Kier molecular flexibility index (Phi) is 5.84. The van der Waals surface area contributed by atoms with E-state index in [0.29, 0.717) is 11.1 Å². The van der Waals surface area contributed by atoms with E-state index in [2.05, 4.69) is 10.1 Å². The zero-order chi connectivity index (χ0) is 17.0. The molecular formula is C15H19F2NO4. The molecule has 22 heavy (non-hydrogen) atoms. The monoisotopic (exact) mass is 315 g/mol. The Labute approximate surface area is 127 Å². The molecule has 0 aliphatic heterocycles. The predicted molar refractivity (Wildman–Crippen MR) is 76.3 cm³/mol. The van der Waals surface area contributed by atoms with Crippen molar-refractivity contribution in [2.24, 2.45) is 5.92 Å². The number of benzene rings is 1. The largest absolute Gasteiger partial charge is 0.480 e. The molecule has 0 saturated carbocycles. The van der Waals surface area contributed by atoms with Crippen LogP contribution in [-0.2, 0) is 4.79 Å². The van der Waals surface area contributed by atoms with Crippen molar-refractivity contribution in [3.63, 3.8) is 0 Å². The van der Waals surface area contributed by atoms with Crippen LogP contribution < -0.4 is 10.1 Å². The van der Waals surface area contributed by atoms with E-state index in [-0.39, 0.29) is 17.2 Å². The lowest BCUT2D eigenvalue weighted by Gasteiger charge is -2.19. The summed E-state index contributed by atoms with van der Waals surface area (Å²) in [5.41, 5.74) is 0.951. The summed E-state index contributed by atoms with van der Waals surface area (Å²) in [6.07, 6.45) is 0. The lowest BCUT2D eigenvalue weighted by molar-refractivity contribution is -0.140. The molecule has 122 valence electrons. The lowest BCUT2D eigenvalue weighted by Crippen LogP contribution is -2.44. The molecule has 0 fully saturated rings. The summed E-state index contributed by atoms with van der Waals surface area (Å²) in [5.74, 6) is -1.97. The Bertz CT molecular complexity index is 550. The number of carbonyl (C=O) groups excluding carboxylic acids is 1. The average Bonchev–Trinajstić information content (AvgIpc) is 2.38. The molecular weight excluding hydrogens is 296 g/mol. The molecule has 5 nitrogen and oxygen atoms in total. The van der Waals surface area contributed by atoms with Crippen molar-refractivity contribution < 1.29 is 28.2 Å². The Morgan fingerprint density at radius 3 is 2.05 bits per heavy atom. The molecule has 1 aromatic carbocycles. The van der Waals surface area contributed by atoms with Crippen molar-refractivity contribution in [3.05, 3.63) is 28.8 Å². The van der Waals surface area contributed by atoms with Crippen molar-refractivity contribution in [3.8, 4) is 5.75 Å². The molecule has 0 aliphatic carbocycles. The first-order valence-corrected chi connectivity index (χ1v) is 6.73. The maximum Gasteiger partial charge on any atom is 0.387 e. The number of carboxylic acid groups (broad SMARTS) is 1. The minimum Gasteiger partial charge on any atom is -0.480 e. The van der Waals surface area contributed by atoms with Gasteiger partial charge >= 0.3 is 12.6 Å². The number of hydrogen-bond acceptors (Lipinski definition) is 3. The van der Waals surface area contributed by atoms with E-state index < -0.39 is 24.5 Å². The highest BCUT2D eigenvalue weighted by Crippen LogP contribution is 2.26. The van der Waals surface area contributed by atoms with Crippen LogP contribution in [0.2, 0.25) is 0 Å². The predicted octanol–water partition coefficient (Wildman–Crippen LogP) is 2.74. The van der Waals surface area contributed by atoms with E-state index in [1.807, 2.05) is 0 Å². The number of nitrogens with one attached hydrogen (secondary N) is 1. The molecule has 0 saturated heterocycles. The lowest BCUT2D eigenvalue weighted by atomic mass is 10.0. The molecule has 0 bridgehead atoms. The van der Waals surface area contributed by atoms with Gasteiger partial charge in [-0.1, -0.05) is 13.8 Å². The van der Waals surface area contributed by atoms with Crippen LogP contribution in [0.15, 0.2) is 12.1 Å². The highest BCUT2D eigenvalue weighted by molar-refractivity contribution is 5.97. The number of halogens is 2. The summed E-state index contributed by atoms with van der Waals surface area (Å²) < 4.78 is 29.1. The van der Waals surface area contributed by atoms with Crippen molar-refractivity contribution >= 4 is 11.9 Å². The molecule has 0 heterocycles. The average molecular weight is 315 g/mol. The van der Waals surface area contributed by atoms with Crippen LogP contribution >= 0.6 is 0 Å². The van der Waals surface area contributed by atoms with Gasteiger partial charge in [-0.05, 0) is 43.0 Å². The molecule has 1 amide bonds. The molecule has 1 atom stereocenters. The minimum atomic E-state index is -2.95. The van der Waals surface area contributed by atoms with Crippen molar-refractivity contribution in [2.75, 3.05) is 0 Å². The first-order chi connectivity index (χ1) is 10.1. The SMILES string of the molecule is Cc1cc(C(=O)N[C@H](C(=O)O)C(C)C)cc(C)c1OC(F)F. The van der Waals surface area contributed by atoms with Crippen LogP contribution in [0, 0.1) is 19.8 Å². The topological polar surface area (TPSA) is 75.6 Å². The number of aliphatic carboxylic acids is 1. The number of amides is 1. The van der Waals surface area contributed by atoms with Gasteiger partial charge in [0.05, 0.1) is 0 Å². The zero-order valence-corrected chi connectivity index (χ0v) is 12.8. The second-order valence-corrected chi connectivity index (χ2v) is 5.35. The van der Waals surface area contributed by atoms with Crippen LogP contribution in [0.4, 0.5) is 8.78 Å². The van der Waals surface area contributed by atoms with Crippen LogP contribution in [0.25, 0.3) is 0 Å². The first kappa shape index (κ1) is 17.9. The fourth-order valence-corrected chi connectivity index (χ4v) is 2.09. The Hall–Kier alpha value is -2.18. The maximum absolute atomic E-state index is 12.3. The number of hydrogen-bond donors (Lipinski definition) is 2. The zero-order valence-electron chi connectivity index (χ0n) is 12.8. The van der Waals surface area contributed by atoms with Crippen molar-refractivity contribution in [1.29, 1.82) is 0 Å². The van der Waals surface area contributed by atoms with E-state index >= 15 is 0 Å². The highest BCUT2D eigenvalue weighted by Gasteiger charge is 2.24. The normalized spacial score (nSPS) is 12.4. The van der Waals surface area contributed by atoms with Gasteiger partial charge in [-0.25, -0.2) is 4.79 Å². The molecule has 1 rings (SSSR count). The maximum atomic E-state index is 12.3. The van der Waals surface area contributed by atoms with Gasteiger partial charge in [0.1, 0.15) is 11.8 Å². The highest BCUT2D eigenvalue weighted by atomic mass is 19.3. The number of alkyl halides is 2. The first-order valence-electron chi connectivity index (χ1n) is 6.73. The van der Waals surface area contributed by atoms with Gasteiger partial charge in [0, 0.05) is 5.56 Å². The fourth-order valence-electron chi connectivity index (χ4n) is 2.09. The Morgan fingerprint density at radius 2 is 1.68 bits per heavy atom. The summed E-state index contributed by atoms with van der Waals surface area (Å²) in [6, 6.07) is 1.75. The molecule has 0 unspecified atom stereocenters. The summed E-state index contributed by atoms with van der Waals surface area (Å²) in [6.45, 7) is 3.48. The van der Waals surface area contributed by atoms with Crippen LogP contribution in [0.1, 0.15) is 35.3 Å². The minimum absolute atomic E-state index is 0.0187. The van der Waals surface area contributed by atoms with E-state index in [4.69, 9.17) is 5.11 Å². The quantitative estimate of drug-likeness (QED) is 0.846. The molecule has 2 N–H and O–H groups in total. The summed E-state index contributed by atoms with van der Waals surface area (Å²) in [7, 11) is 0. The number of aryl methyl sites for hydroxylation is 2. The number of rotatable bonds is 6. The molecule has 1 aromatic rings. The van der Waals surface area contributed by atoms with Crippen molar-refractivity contribution in [1.82, 2.24) is 5.32 Å². The molecule has 0 aliphatic rings. The molecule has 7 heteroatoms. The molecule has 0 aromatic heterocycles. The van der Waals surface area contributed by atoms with E-state index in [0.717, 1.165) is 0 Å². The van der Waals surface area contributed by atoms with Crippen molar-refractivity contribution in [2.45, 2.75) is 40.3 Å². The van der Waals surface area contributed by atoms with Gasteiger partial charge in [-0.15, -0.1) is 0 Å². The van der Waals surface area contributed by atoms with Gasteiger partial charge in [-0.3, -0.25) is 4.79 Å². The van der Waals surface area contributed by atoms with Crippen LogP contribution in [-0.4, -0.2) is 29.6 Å². The van der Waals surface area contributed by atoms with Crippen LogP contribution in [0.3, 0.4) is 0 Å². The summed E-state index contributed by atoms with van der Waals surface area (Å²) >= 11 is 0. The van der Waals surface area contributed by atoms with Gasteiger partial charge in [0.15, 0.2) is 0 Å². The van der Waals surface area contributed by atoms with Gasteiger partial charge in [0.25, 0.3) is 5.91 Å². The number of carbonyl (C=O) groups is 2. The second-order valence-electron chi connectivity index (χ2n) is 5.35. The standard InChI is InChI=1S/C15H19F2NO4/c1-7(2)11(14(20)21)18-13(19)10-5-8(3)12(9(4)6-10)22-15(16)17/h5-7,11,15H,1-4H3,(H,18,19)(H,20,21)/t11-/m0/s1. The summed E-state index contributed by atoms with van der Waals surface area (Å²) in [5, 5.41) is 11.5. The fraction of sp³-hybridized carbons (Fsp3) is 0.467. The van der Waals surface area contributed by atoms with E-state index in [1.165, 1.54) is 12.1 Å². The van der Waals surface area contributed by atoms with Gasteiger partial charge in [0.2, 0.25) is 0 Å². The van der Waals surface area contributed by atoms with Crippen LogP contribution in [0.5, 0.6) is 5.75 Å². The van der Waals surface area contributed by atoms with E-state index in [9.17, 15) is 18.4 Å². The smallest absolute Gasteiger partial charge is 0.387 e. The molecule has 0 radical (unpaired) electrons. The van der Waals surface area contributed by atoms with Gasteiger partial charge < -0.3 is 15.2 Å². The third kappa shape index (κ3) is 4.41. The second kappa shape index (κ2) is 7.20. The third-order valence-electron chi connectivity index (χ3n) is 3.15. The Morgan fingerprint density at radius 1 is 1.18 bits per heavy atom. The Balaban J connectivity index is 3.02. The number of ether oxygens (including phenoxy) is 1.